The Hall–Kier alpha value is -1.35. The van der Waals surface area contributed by atoms with Crippen LogP contribution in [0.1, 0.15) is 39.0 Å². The third-order valence-electron chi connectivity index (χ3n) is 4.47. The van der Waals surface area contributed by atoms with Crippen molar-refractivity contribution in [2.45, 2.75) is 51.6 Å². The monoisotopic (exact) mass is 271 g/mol. The minimum atomic E-state index is 0.748. The van der Waals surface area contributed by atoms with E-state index in [1.165, 1.54) is 37.6 Å². The van der Waals surface area contributed by atoms with Gasteiger partial charge in [0.1, 0.15) is 0 Å². The van der Waals surface area contributed by atoms with Crippen LogP contribution < -0.4 is 5.32 Å². The van der Waals surface area contributed by atoms with Crippen molar-refractivity contribution in [2.24, 2.45) is 5.92 Å². The summed E-state index contributed by atoms with van der Waals surface area (Å²) in [6, 6.07) is 9.11. The summed E-state index contributed by atoms with van der Waals surface area (Å²) in [5, 5.41) is 3.73. The average molecular weight is 271 g/mol. The summed E-state index contributed by atoms with van der Waals surface area (Å²) in [6.45, 7) is 4.55. The summed E-state index contributed by atoms with van der Waals surface area (Å²) in [5.41, 5.74) is 2.35. The number of aromatic nitrogens is 2. The van der Waals surface area contributed by atoms with Crippen LogP contribution in [0.15, 0.2) is 30.6 Å². The van der Waals surface area contributed by atoms with E-state index in [0.717, 1.165) is 30.6 Å². The van der Waals surface area contributed by atoms with E-state index in [9.17, 15) is 0 Å². The van der Waals surface area contributed by atoms with Gasteiger partial charge >= 0.3 is 0 Å². The van der Waals surface area contributed by atoms with Gasteiger partial charge in [0.2, 0.25) is 0 Å². The van der Waals surface area contributed by atoms with E-state index in [2.05, 4.69) is 40.0 Å². The summed E-state index contributed by atoms with van der Waals surface area (Å²) in [7, 11) is 0. The molecular weight excluding hydrogens is 246 g/mol. The molecule has 1 aliphatic carbocycles. The van der Waals surface area contributed by atoms with Crippen molar-refractivity contribution in [2.75, 3.05) is 6.54 Å². The van der Waals surface area contributed by atoms with Gasteiger partial charge in [-0.25, -0.2) is 4.98 Å². The van der Waals surface area contributed by atoms with Crippen LogP contribution in [0.4, 0.5) is 0 Å². The van der Waals surface area contributed by atoms with Crippen molar-refractivity contribution in [1.29, 1.82) is 0 Å². The number of imidazole rings is 1. The van der Waals surface area contributed by atoms with Gasteiger partial charge in [-0.15, -0.1) is 0 Å². The van der Waals surface area contributed by atoms with Crippen molar-refractivity contribution in [1.82, 2.24) is 14.9 Å². The molecule has 0 radical (unpaired) electrons. The van der Waals surface area contributed by atoms with Gasteiger partial charge in [0.15, 0.2) is 0 Å². The summed E-state index contributed by atoms with van der Waals surface area (Å²) < 4.78 is 2.26. The van der Waals surface area contributed by atoms with Gasteiger partial charge in [-0.05, 0) is 43.9 Å². The van der Waals surface area contributed by atoms with E-state index in [-0.39, 0.29) is 0 Å². The van der Waals surface area contributed by atoms with Gasteiger partial charge in [-0.1, -0.05) is 31.9 Å². The number of fused-ring (bicyclic) bond motifs is 1. The molecule has 3 heteroatoms. The van der Waals surface area contributed by atoms with Gasteiger partial charge in [0.25, 0.3) is 0 Å². The predicted octanol–water partition coefficient (Wildman–Crippen LogP) is 3.59. The largest absolute Gasteiger partial charge is 0.331 e. The highest BCUT2D eigenvalue weighted by Crippen LogP contribution is 2.23. The number of benzene rings is 1. The van der Waals surface area contributed by atoms with Gasteiger partial charge in [0.05, 0.1) is 17.4 Å². The van der Waals surface area contributed by atoms with Crippen molar-refractivity contribution >= 4 is 11.0 Å². The van der Waals surface area contributed by atoms with Crippen LogP contribution in [0.2, 0.25) is 0 Å². The van der Waals surface area contributed by atoms with Crippen LogP contribution in [-0.4, -0.2) is 22.1 Å². The van der Waals surface area contributed by atoms with Crippen LogP contribution >= 0.6 is 0 Å². The van der Waals surface area contributed by atoms with Crippen LogP contribution in [0.5, 0.6) is 0 Å². The van der Waals surface area contributed by atoms with E-state index in [1.54, 1.807) is 0 Å². The van der Waals surface area contributed by atoms with Crippen LogP contribution in [-0.2, 0) is 6.54 Å². The van der Waals surface area contributed by atoms with Gasteiger partial charge in [-0.3, -0.25) is 0 Å². The summed E-state index contributed by atoms with van der Waals surface area (Å²) >= 11 is 0. The fourth-order valence-corrected chi connectivity index (χ4v) is 3.36. The highest BCUT2D eigenvalue weighted by Gasteiger charge is 2.17. The Labute approximate surface area is 121 Å². The van der Waals surface area contributed by atoms with Gasteiger partial charge < -0.3 is 9.88 Å². The molecule has 1 saturated carbocycles. The molecular formula is C17H25N3. The van der Waals surface area contributed by atoms with Crippen LogP contribution in [0, 0.1) is 5.92 Å². The molecule has 1 aromatic heterocycles. The Morgan fingerprint density at radius 1 is 1.30 bits per heavy atom. The second kappa shape index (κ2) is 6.40. The number of nitrogens with one attached hydrogen (secondary N) is 1. The number of rotatable bonds is 5. The van der Waals surface area contributed by atoms with Crippen LogP contribution in [0.3, 0.4) is 0 Å². The smallest absolute Gasteiger partial charge is 0.0958 e. The first-order chi connectivity index (χ1) is 9.83. The number of aryl methyl sites for hydroxylation is 1. The minimum Gasteiger partial charge on any atom is -0.331 e. The molecule has 1 aromatic carbocycles. The second-order valence-corrected chi connectivity index (χ2v) is 6.20. The maximum absolute atomic E-state index is 4.44. The molecule has 0 saturated heterocycles. The maximum atomic E-state index is 4.44. The normalized spacial score (nSPS) is 23.2. The van der Waals surface area contributed by atoms with Gasteiger partial charge in [0, 0.05) is 12.6 Å². The fourth-order valence-electron chi connectivity index (χ4n) is 3.36. The Kier molecular flexibility index (Phi) is 4.36. The van der Waals surface area contributed by atoms with Crippen LogP contribution in [0.25, 0.3) is 11.0 Å². The summed E-state index contributed by atoms with van der Waals surface area (Å²) in [6.07, 6.45) is 8.66. The zero-order valence-electron chi connectivity index (χ0n) is 12.4. The Morgan fingerprint density at radius 3 is 3.10 bits per heavy atom. The van der Waals surface area contributed by atoms with E-state index >= 15 is 0 Å². The molecule has 1 fully saturated rings. The summed E-state index contributed by atoms with van der Waals surface area (Å²) in [4.78, 5) is 4.44. The molecule has 0 amide bonds. The zero-order chi connectivity index (χ0) is 13.8. The molecule has 108 valence electrons. The molecule has 2 atom stereocenters. The van der Waals surface area contributed by atoms with Crippen molar-refractivity contribution in [3.63, 3.8) is 0 Å². The molecule has 3 rings (SSSR count). The lowest BCUT2D eigenvalue weighted by Gasteiger charge is -2.27. The SMILES string of the molecule is CC1CCCC(NCCCn2cnc3ccccc32)C1. The maximum Gasteiger partial charge on any atom is 0.0958 e. The number of nitrogens with zero attached hydrogens (tertiary/aromatic N) is 2. The topological polar surface area (TPSA) is 29.9 Å². The first kappa shape index (κ1) is 13.6. The van der Waals surface area contributed by atoms with Crippen molar-refractivity contribution in [3.8, 4) is 0 Å². The molecule has 1 heterocycles. The predicted molar refractivity (Wildman–Crippen MR) is 83.8 cm³/mol. The lowest BCUT2D eigenvalue weighted by molar-refractivity contribution is 0.300. The summed E-state index contributed by atoms with van der Waals surface area (Å²) in [5.74, 6) is 0.902. The number of para-hydroxylation sites is 2. The highest BCUT2D eigenvalue weighted by molar-refractivity contribution is 5.74. The second-order valence-electron chi connectivity index (χ2n) is 6.20. The lowest BCUT2D eigenvalue weighted by Crippen LogP contribution is -2.34. The quantitative estimate of drug-likeness (QED) is 0.842. The lowest BCUT2D eigenvalue weighted by atomic mass is 9.87. The molecule has 3 nitrogen and oxygen atoms in total. The molecule has 2 aromatic rings. The van der Waals surface area contributed by atoms with Crippen molar-refractivity contribution in [3.05, 3.63) is 30.6 Å². The average Bonchev–Trinajstić information content (AvgIpc) is 2.87. The molecule has 0 spiro atoms. The Balaban J connectivity index is 1.46. The standard InChI is InChI=1S/C17H25N3/c1-14-6-4-7-15(12-14)18-10-5-11-20-13-19-16-8-2-3-9-17(16)20/h2-3,8-9,13-15,18H,4-7,10-12H2,1H3. The molecule has 20 heavy (non-hydrogen) atoms. The van der Waals surface area contributed by atoms with E-state index in [4.69, 9.17) is 0 Å². The molecule has 1 N–H and O–H groups in total. The molecule has 1 aliphatic rings. The minimum absolute atomic E-state index is 0.748. The fraction of sp³-hybridized carbons (Fsp3) is 0.588. The first-order valence-electron chi connectivity index (χ1n) is 7.96. The molecule has 0 aliphatic heterocycles. The highest BCUT2D eigenvalue weighted by atomic mass is 15.0. The molecule has 2 unspecified atom stereocenters. The molecule has 0 bridgehead atoms. The van der Waals surface area contributed by atoms with E-state index in [0.29, 0.717) is 0 Å². The van der Waals surface area contributed by atoms with Crippen molar-refractivity contribution < 1.29 is 0 Å². The Morgan fingerprint density at radius 2 is 2.20 bits per heavy atom. The zero-order valence-corrected chi connectivity index (χ0v) is 12.4. The van der Waals surface area contributed by atoms with E-state index in [1.807, 2.05) is 12.4 Å². The third kappa shape index (κ3) is 3.21. The number of hydrogen-bond donors (Lipinski definition) is 1. The van der Waals surface area contributed by atoms with Gasteiger partial charge in [-0.2, -0.15) is 0 Å². The number of hydrogen-bond acceptors (Lipinski definition) is 2. The third-order valence-corrected chi connectivity index (χ3v) is 4.47. The van der Waals surface area contributed by atoms with E-state index < -0.39 is 0 Å². The Bertz CT molecular complexity index is 546. The first-order valence-corrected chi connectivity index (χ1v) is 7.96.